The van der Waals surface area contributed by atoms with Crippen LogP contribution in [0.5, 0.6) is 0 Å². The molecule has 0 unspecified atom stereocenters. The Labute approximate surface area is 172 Å². The van der Waals surface area contributed by atoms with E-state index in [2.05, 4.69) is 40.6 Å². The Balaban J connectivity index is 0.000000396. The quantitative estimate of drug-likeness (QED) is 0.205. The summed E-state index contributed by atoms with van der Waals surface area (Å²) in [6.45, 7) is 0.520. The Hall–Kier alpha value is -1.74. The van der Waals surface area contributed by atoms with E-state index in [1.54, 1.807) is 0 Å². The van der Waals surface area contributed by atoms with Crippen molar-refractivity contribution >= 4 is 24.8 Å². The minimum atomic E-state index is -4.72. The second kappa shape index (κ2) is 9.60. The van der Waals surface area contributed by atoms with Crippen LogP contribution < -0.4 is 5.73 Å². The lowest BCUT2D eigenvalue weighted by molar-refractivity contribution is -0.870. The third kappa shape index (κ3) is 6.38. The van der Waals surface area contributed by atoms with Gasteiger partial charge in [0.1, 0.15) is 36.7 Å². The van der Waals surface area contributed by atoms with E-state index in [4.69, 9.17) is 25.4 Å². The minimum Gasteiger partial charge on any atom is -0.391 e. The minimum absolute atomic E-state index is 0.142. The molecular weight excluding hydrogens is 423 g/mol. The van der Waals surface area contributed by atoms with Gasteiger partial charge >= 0.3 is 7.82 Å². The summed E-state index contributed by atoms with van der Waals surface area (Å²) in [6.07, 6.45) is -2.49. The molecule has 7 N–H and O–H groups in total. The van der Waals surface area contributed by atoms with Crippen LogP contribution in [0.1, 0.15) is 6.23 Å². The molecule has 30 heavy (non-hydrogen) atoms. The highest BCUT2D eigenvalue weighted by Gasteiger charge is 2.45. The van der Waals surface area contributed by atoms with Crippen molar-refractivity contribution < 1.29 is 43.4 Å². The van der Waals surface area contributed by atoms with Crippen LogP contribution in [-0.4, -0.2) is 108 Å². The average Bonchev–Trinajstić information content (AvgIpc) is 3.15. The predicted molar refractivity (Wildman–Crippen MR) is 104 cm³/mol. The number of nitrogens with zero attached hydrogens (tertiary/aromatic N) is 5. The van der Waals surface area contributed by atoms with Crippen molar-refractivity contribution in [2.24, 2.45) is 0 Å². The SMILES string of the molecule is C[N+](C)(C)CCO.Nc1ncnc2c1ncn2[C@@H]1O[C@H](COP(=O)(O)O)[C@@H](O)[C@H]1O. The van der Waals surface area contributed by atoms with Gasteiger partial charge in [0, 0.05) is 0 Å². The van der Waals surface area contributed by atoms with Gasteiger partial charge in [0.15, 0.2) is 17.7 Å². The Morgan fingerprint density at radius 2 is 1.90 bits per heavy atom. The van der Waals surface area contributed by atoms with Crippen molar-refractivity contribution in [1.29, 1.82) is 0 Å². The van der Waals surface area contributed by atoms with E-state index in [-0.39, 0.29) is 18.1 Å². The van der Waals surface area contributed by atoms with Gasteiger partial charge in [-0.1, -0.05) is 0 Å². The predicted octanol–water partition coefficient (Wildman–Crippen LogP) is -2.18. The fraction of sp³-hybridized carbons (Fsp3) is 0.667. The van der Waals surface area contributed by atoms with Gasteiger partial charge in [0.25, 0.3) is 0 Å². The summed E-state index contributed by atoms with van der Waals surface area (Å²) in [7, 11) is 1.44. The normalized spacial score (nSPS) is 24.7. The first-order valence-corrected chi connectivity index (χ1v) is 10.4. The van der Waals surface area contributed by atoms with Crippen molar-refractivity contribution in [3.05, 3.63) is 12.7 Å². The number of aliphatic hydroxyl groups excluding tert-OH is 3. The fourth-order valence-electron chi connectivity index (χ4n) is 2.62. The first-order chi connectivity index (χ1) is 13.8. The van der Waals surface area contributed by atoms with Gasteiger partial charge in [-0.15, -0.1) is 0 Å². The number of phosphoric acid groups is 1. The van der Waals surface area contributed by atoms with Crippen molar-refractivity contribution in [2.45, 2.75) is 24.5 Å². The number of phosphoric ester groups is 1. The van der Waals surface area contributed by atoms with Gasteiger partial charge in [-0.2, -0.15) is 0 Å². The van der Waals surface area contributed by atoms with Crippen molar-refractivity contribution in [3.63, 3.8) is 0 Å². The van der Waals surface area contributed by atoms with Gasteiger partial charge in [0.05, 0.1) is 40.7 Å². The number of nitrogens with two attached hydrogens (primary N) is 1. The molecule has 0 aromatic carbocycles. The van der Waals surface area contributed by atoms with E-state index in [0.29, 0.717) is 5.52 Å². The van der Waals surface area contributed by atoms with Crippen LogP contribution >= 0.6 is 7.82 Å². The molecule has 1 aliphatic rings. The Morgan fingerprint density at radius 1 is 1.23 bits per heavy atom. The van der Waals surface area contributed by atoms with Crippen LogP contribution in [0.15, 0.2) is 12.7 Å². The Kier molecular flexibility index (Phi) is 7.85. The number of ether oxygens (including phenoxy) is 1. The molecule has 0 saturated carbocycles. The Bertz CT molecular complexity index is 884. The van der Waals surface area contributed by atoms with Gasteiger partial charge in [-0.3, -0.25) is 9.09 Å². The van der Waals surface area contributed by atoms with Gasteiger partial charge in [0.2, 0.25) is 0 Å². The summed E-state index contributed by atoms with van der Waals surface area (Å²) >= 11 is 0. The highest BCUT2D eigenvalue weighted by Crippen LogP contribution is 2.38. The lowest BCUT2D eigenvalue weighted by atomic mass is 10.1. The molecule has 1 saturated heterocycles. The molecule has 14 nitrogen and oxygen atoms in total. The zero-order valence-electron chi connectivity index (χ0n) is 16.8. The second-order valence-electron chi connectivity index (χ2n) is 7.65. The summed E-state index contributed by atoms with van der Waals surface area (Å²) in [5.41, 5.74) is 6.25. The first-order valence-electron chi connectivity index (χ1n) is 8.90. The Morgan fingerprint density at radius 3 is 2.43 bits per heavy atom. The van der Waals surface area contributed by atoms with Gasteiger partial charge in [-0.25, -0.2) is 19.5 Å². The van der Waals surface area contributed by atoms with Crippen molar-refractivity contribution in [2.75, 3.05) is 46.6 Å². The summed E-state index contributed by atoms with van der Waals surface area (Å²) in [5, 5.41) is 28.4. The number of rotatable bonds is 6. The van der Waals surface area contributed by atoms with E-state index in [0.717, 1.165) is 11.0 Å². The molecule has 2 aromatic rings. The second-order valence-corrected chi connectivity index (χ2v) is 8.89. The van der Waals surface area contributed by atoms with E-state index < -0.39 is 39.0 Å². The van der Waals surface area contributed by atoms with E-state index in [1.165, 1.54) is 17.2 Å². The van der Waals surface area contributed by atoms with Crippen molar-refractivity contribution in [3.8, 4) is 0 Å². The van der Waals surface area contributed by atoms with Crippen LogP contribution in [0.3, 0.4) is 0 Å². The molecule has 1 aliphatic heterocycles. The standard InChI is InChI=1S/C10H14N5O7P.C5H14NO/c11-8-5-9(13-2-12-8)15(3-14-5)10-7(17)6(16)4(22-10)1-21-23(18,19)20;1-6(2,3)4-5-7/h2-4,6-7,10,16-17H,1H2,(H2,11,12,13)(H2,18,19,20);7H,4-5H2,1-3H3/q;+1/t4-,6-,7-,10-;/m1./s1. The largest absolute Gasteiger partial charge is 0.469 e. The zero-order chi connectivity index (χ0) is 22.7. The summed E-state index contributed by atoms with van der Waals surface area (Å²) in [6, 6.07) is 0. The van der Waals surface area contributed by atoms with Gasteiger partial charge in [-0.05, 0) is 0 Å². The van der Waals surface area contributed by atoms with E-state index in [1.807, 2.05) is 0 Å². The van der Waals surface area contributed by atoms with Crippen LogP contribution in [0.4, 0.5) is 5.82 Å². The molecule has 1 fully saturated rings. The van der Waals surface area contributed by atoms with E-state index in [9.17, 15) is 14.8 Å². The maximum atomic E-state index is 10.7. The molecule has 4 atom stereocenters. The molecule has 170 valence electrons. The molecule has 3 rings (SSSR count). The number of likely N-dealkylation sites (N-methyl/N-ethyl adjacent to an activating group) is 1. The molecule has 3 heterocycles. The molecule has 0 amide bonds. The summed E-state index contributed by atoms with van der Waals surface area (Å²) in [4.78, 5) is 29.2. The first kappa shape index (κ1) is 24.5. The molecule has 0 bridgehead atoms. The number of aliphatic hydroxyl groups is 3. The smallest absolute Gasteiger partial charge is 0.391 e. The maximum absolute atomic E-state index is 10.7. The fourth-order valence-corrected chi connectivity index (χ4v) is 2.96. The average molecular weight is 451 g/mol. The van der Waals surface area contributed by atoms with Crippen LogP contribution in [0.2, 0.25) is 0 Å². The summed E-state index contributed by atoms with van der Waals surface area (Å²) < 4.78 is 22.6. The number of nitrogen functional groups attached to an aromatic ring is 1. The summed E-state index contributed by atoms with van der Waals surface area (Å²) in [5.74, 6) is 0.142. The molecular formula is C15H28N6O8P+. The van der Waals surface area contributed by atoms with E-state index >= 15 is 0 Å². The molecule has 0 aliphatic carbocycles. The van der Waals surface area contributed by atoms with Crippen molar-refractivity contribution in [1.82, 2.24) is 19.5 Å². The maximum Gasteiger partial charge on any atom is 0.469 e. The number of fused-ring (bicyclic) bond motifs is 1. The van der Waals surface area contributed by atoms with Crippen LogP contribution in [-0.2, 0) is 13.8 Å². The highest BCUT2D eigenvalue weighted by molar-refractivity contribution is 7.46. The number of anilines is 1. The molecule has 2 aromatic heterocycles. The van der Waals surface area contributed by atoms with Crippen LogP contribution in [0.25, 0.3) is 11.2 Å². The molecule has 0 spiro atoms. The number of aromatic nitrogens is 4. The molecule has 15 heteroatoms. The molecule has 0 radical (unpaired) electrons. The third-order valence-corrected chi connectivity index (χ3v) is 4.66. The lowest BCUT2D eigenvalue weighted by Gasteiger charge is -2.21. The monoisotopic (exact) mass is 451 g/mol. The lowest BCUT2D eigenvalue weighted by Crippen LogP contribution is -2.36. The number of quaternary nitrogens is 1. The topological polar surface area (TPSA) is 206 Å². The number of hydrogen-bond acceptors (Lipinski definition) is 10. The number of hydrogen-bond donors (Lipinski definition) is 6. The number of imidazole rings is 1. The highest BCUT2D eigenvalue weighted by atomic mass is 31.2. The van der Waals surface area contributed by atoms with Crippen LogP contribution in [0, 0.1) is 0 Å². The third-order valence-electron chi connectivity index (χ3n) is 4.18. The zero-order valence-corrected chi connectivity index (χ0v) is 17.7. The van der Waals surface area contributed by atoms with Gasteiger partial charge < -0.3 is 40.1 Å².